The maximum Gasteiger partial charge on any atom is 0.252 e. The molecule has 0 spiro atoms. The van der Waals surface area contributed by atoms with Crippen LogP contribution >= 0.6 is 0 Å². The van der Waals surface area contributed by atoms with E-state index in [1.54, 1.807) is 16.8 Å². The van der Waals surface area contributed by atoms with Gasteiger partial charge in [0.05, 0.1) is 18.6 Å². The van der Waals surface area contributed by atoms with Crippen molar-refractivity contribution in [1.29, 1.82) is 0 Å². The largest absolute Gasteiger partial charge is 0.321 e. The molecule has 0 saturated heterocycles. The number of hydrogen-bond acceptors (Lipinski definition) is 5. The Morgan fingerprint density at radius 2 is 1.73 bits per heavy atom. The molecule has 0 aliphatic rings. The lowest BCUT2D eigenvalue weighted by atomic mass is 10.0. The third kappa shape index (κ3) is 5.81. The van der Waals surface area contributed by atoms with Crippen LogP contribution in [0, 0.1) is 19.7 Å². The fraction of sp³-hybridized carbons (Fsp3) is 0.241. The Morgan fingerprint density at radius 1 is 0.946 bits per heavy atom. The zero-order valence-electron chi connectivity index (χ0n) is 21.0. The number of halogens is 1. The minimum atomic E-state index is -0.279. The molecule has 37 heavy (non-hydrogen) atoms. The van der Waals surface area contributed by atoms with Crippen molar-refractivity contribution >= 4 is 10.9 Å². The number of nitrogens with zero attached hydrogens (tertiary/aromatic N) is 5. The van der Waals surface area contributed by atoms with E-state index in [0.717, 1.165) is 40.6 Å². The molecule has 0 aliphatic heterocycles. The molecule has 5 rings (SSSR count). The van der Waals surface area contributed by atoms with Gasteiger partial charge in [0.2, 0.25) is 0 Å². The molecule has 0 unspecified atom stereocenters. The maximum atomic E-state index is 13.3. The number of tetrazole rings is 1. The lowest BCUT2D eigenvalue weighted by Gasteiger charge is -2.22. The van der Waals surface area contributed by atoms with Crippen molar-refractivity contribution in [2.75, 3.05) is 6.54 Å². The minimum Gasteiger partial charge on any atom is -0.321 e. The summed E-state index contributed by atoms with van der Waals surface area (Å²) in [6.45, 7) is 6.14. The van der Waals surface area contributed by atoms with Crippen LogP contribution in [0.1, 0.15) is 33.6 Å². The third-order valence-electron chi connectivity index (χ3n) is 6.80. The Labute approximate surface area is 214 Å². The Hall–Kier alpha value is -4.17. The first-order valence-electron chi connectivity index (χ1n) is 12.3. The standard InChI is InChI=1S/C29H29FN6O/c1-20-8-11-24-16-25(29(37)31-28(24)21(20)2)18-35(15-14-22-6-4-3-5-7-22)19-27-32-33-34-36(27)17-23-9-12-26(30)13-10-23/h3-13,16H,14-15,17-19H2,1-2H3,(H,31,37). The summed E-state index contributed by atoms with van der Waals surface area (Å²) in [4.78, 5) is 18.4. The zero-order valence-corrected chi connectivity index (χ0v) is 21.0. The van der Waals surface area contributed by atoms with Crippen molar-refractivity contribution in [3.8, 4) is 0 Å². The molecular formula is C29H29FN6O. The van der Waals surface area contributed by atoms with Gasteiger partial charge in [-0.2, -0.15) is 0 Å². The van der Waals surface area contributed by atoms with Gasteiger partial charge < -0.3 is 4.98 Å². The van der Waals surface area contributed by atoms with Crippen LogP contribution in [-0.4, -0.2) is 36.6 Å². The quantitative estimate of drug-likeness (QED) is 0.324. The molecule has 5 aromatic rings. The van der Waals surface area contributed by atoms with Gasteiger partial charge >= 0.3 is 0 Å². The second-order valence-corrected chi connectivity index (χ2v) is 9.42. The van der Waals surface area contributed by atoms with Crippen LogP contribution in [0.5, 0.6) is 0 Å². The number of benzene rings is 3. The number of fused-ring (bicyclic) bond motifs is 1. The molecule has 0 saturated carbocycles. The summed E-state index contributed by atoms with van der Waals surface area (Å²) in [7, 11) is 0. The SMILES string of the molecule is Cc1ccc2cc(CN(CCc3ccccc3)Cc3nnnn3Cc3ccc(F)cc3)c(=O)[nH]c2c1C. The smallest absolute Gasteiger partial charge is 0.252 e. The number of aryl methyl sites for hydroxylation is 2. The average molecular weight is 497 g/mol. The number of nitrogens with one attached hydrogen (secondary N) is 1. The predicted molar refractivity (Wildman–Crippen MR) is 142 cm³/mol. The van der Waals surface area contributed by atoms with E-state index in [9.17, 15) is 9.18 Å². The number of aromatic nitrogens is 5. The summed E-state index contributed by atoms with van der Waals surface area (Å²) in [6.07, 6.45) is 0.824. The number of aromatic amines is 1. The molecule has 0 amide bonds. The van der Waals surface area contributed by atoms with E-state index >= 15 is 0 Å². The van der Waals surface area contributed by atoms with Gasteiger partial charge in [-0.3, -0.25) is 9.69 Å². The molecular weight excluding hydrogens is 467 g/mol. The molecule has 2 heterocycles. The number of rotatable bonds is 9. The molecule has 2 aromatic heterocycles. The number of H-pyrrole nitrogens is 1. The van der Waals surface area contributed by atoms with Gasteiger partial charge in [-0.05, 0) is 76.5 Å². The highest BCUT2D eigenvalue weighted by molar-refractivity contribution is 5.83. The maximum absolute atomic E-state index is 13.3. The van der Waals surface area contributed by atoms with Crippen LogP contribution < -0.4 is 5.56 Å². The van der Waals surface area contributed by atoms with Crippen LogP contribution in [0.15, 0.2) is 77.6 Å². The second kappa shape index (κ2) is 10.8. The second-order valence-electron chi connectivity index (χ2n) is 9.42. The van der Waals surface area contributed by atoms with Gasteiger partial charge in [0.25, 0.3) is 5.56 Å². The van der Waals surface area contributed by atoms with Crippen molar-refractivity contribution in [3.05, 3.63) is 123 Å². The molecule has 0 radical (unpaired) electrons. The van der Waals surface area contributed by atoms with Gasteiger partial charge in [0, 0.05) is 18.7 Å². The van der Waals surface area contributed by atoms with Crippen molar-refractivity contribution in [2.24, 2.45) is 0 Å². The molecule has 0 aliphatic carbocycles. The van der Waals surface area contributed by atoms with Gasteiger partial charge in [0.1, 0.15) is 5.82 Å². The van der Waals surface area contributed by atoms with E-state index in [4.69, 9.17) is 0 Å². The fourth-order valence-electron chi connectivity index (χ4n) is 4.50. The van der Waals surface area contributed by atoms with E-state index in [2.05, 4.69) is 49.7 Å². The van der Waals surface area contributed by atoms with Crippen molar-refractivity contribution in [1.82, 2.24) is 30.1 Å². The molecule has 1 N–H and O–H groups in total. The first-order chi connectivity index (χ1) is 18.0. The molecule has 188 valence electrons. The van der Waals surface area contributed by atoms with Crippen molar-refractivity contribution in [2.45, 2.75) is 39.9 Å². The van der Waals surface area contributed by atoms with E-state index < -0.39 is 0 Å². The Balaban J connectivity index is 1.41. The normalized spacial score (nSPS) is 11.5. The third-order valence-corrected chi connectivity index (χ3v) is 6.80. The van der Waals surface area contributed by atoms with E-state index in [1.165, 1.54) is 17.7 Å². The van der Waals surface area contributed by atoms with Crippen LogP contribution in [0.25, 0.3) is 10.9 Å². The van der Waals surface area contributed by atoms with Crippen LogP contribution in [0.3, 0.4) is 0 Å². The van der Waals surface area contributed by atoms with E-state index in [1.807, 2.05) is 38.1 Å². The topological polar surface area (TPSA) is 79.7 Å². The van der Waals surface area contributed by atoms with Crippen LogP contribution in [-0.2, 0) is 26.1 Å². The molecule has 8 heteroatoms. The van der Waals surface area contributed by atoms with Crippen molar-refractivity contribution < 1.29 is 4.39 Å². The number of hydrogen-bond donors (Lipinski definition) is 1. The highest BCUT2D eigenvalue weighted by atomic mass is 19.1. The average Bonchev–Trinajstić information content (AvgIpc) is 3.34. The predicted octanol–water partition coefficient (Wildman–Crippen LogP) is 4.56. The van der Waals surface area contributed by atoms with Gasteiger partial charge in [-0.25, -0.2) is 9.07 Å². The summed E-state index contributed by atoms with van der Waals surface area (Å²) in [6, 6.07) is 22.7. The van der Waals surface area contributed by atoms with Gasteiger partial charge in [0.15, 0.2) is 5.82 Å². The minimum absolute atomic E-state index is 0.0863. The Morgan fingerprint density at radius 3 is 2.51 bits per heavy atom. The van der Waals surface area contributed by atoms with E-state index in [0.29, 0.717) is 31.0 Å². The van der Waals surface area contributed by atoms with Crippen LogP contribution in [0.4, 0.5) is 4.39 Å². The molecule has 0 atom stereocenters. The van der Waals surface area contributed by atoms with Gasteiger partial charge in [-0.15, -0.1) is 5.10 Å². The monoisotopic (exact) mass is 496 g/mol. The Kier molecular flexibility index (Phi) is 7.18. The molecule has 7 nitrogen and oxygen atoms in total. The summed E-state index contributed by atoms with van der Waals surface area (Å²) in [5.41, 5.74) is 5.85. The number of pyridine rings is 1. The van der Waals surface area contributed by atoms with Crippen molar-refractivity contribution in [3.63, 3.8) is 0 Å². The summed E-state index contributed by atoms with van der Waals surface area (Å²) in [5, 5.41) is 13.3. The molecule has 3 aromatic carbocycles. The molecule has 0 bridgehead atoms. The fourth-order valence-corrected chi connectivity index (χ4v) is 4.50. The van der Waals surface area contributed by atoms with E-state index in [-0.39, 0.29) is 11.4 Å². The summed E-state index contributed by atoms with van der Waals surface area (Å²) >= 11 is 0. The highest BCUT2D eigenvalue weighted by Gasteiger charge is 2.16. The highest BCUT2D eigenvalue weighted by Crippen LogP contribution is 2.20. The zero-order chi connectivity index (χ0) is 25.8. The van der Waals surface area contributed by atoms with Gasteiger partial charge in [-0.1, -0.05) is 54.6 Å². The summed E-state index contributed by atoms with van der Waals surface area (Å²) < 4.78 is 15.1. The van der Waals surface area contributed by atoms with Crippen LogP contribution in [0.2, 0.25) is 0 Å². The lowest BCUT2D eigenvalue weighted by molar-refractivity contribution is 0.248. The first-order valence-corrected chi connectivity index (χ1v) is 12.3. The molecule has 0 fully saturated rings. The lowest BCUT2D eigenvalue weighted by Crippen LogP contribution is -2.30. The Bertz CT molecular complexity index is 1560. The summed E-state index contributed by atoms with van der Waals surface area (Å²) in [5.74, 6) is 0.403. The first kappa shape index (κ1) is 24.5.